The van der Waals surface area contributed by atoms with Gasteiger partial charge < -0.3 is 4.74 Å². The predicted octanol–water partition coefficient (Wildman–Crippen LogP) is 2.67. The van der Waals surface area contributed by atoms with Crippen molar-refractivity contribution in [3.05, 3.63) is 72.1 Å². The molecule has 0 spiro atoms. The molecule has 5 nitrogen and oxygen atoms in total. The van der Waals surface area contributed by atoms with Gasteiger partial charge in [0.05, 0.1) is 16.6 Å². The highest BCUT2D eigenvalue weighted by molar-refractivity contribution is 6.00. The first kappa shape index (κ1) is 13.9. The molecule has 0 N–H and O–H groups in total. The smallest absolute Gasteiger partial charge is 0.338 e. The van der Waals surface area contributed by atoms with E-state index in [-0.39, 0.29) is 12.4 Å². The molecule has 0 atom stereocenters. The number of Topliss-reactive ketones (excluding diaryl/α,β-unsaturated/α-hetero) is 1. The molecule has 108 valence electrons. The van der Waals surface area contributed by atoms with Crippen molar-refractivity contribution in [1.82, 2.24) is 9.97 Å². The molecular formula is C17H12N2O3. The van der Waals surface area contributed by atoms with E-state index in [1.807, 2.05) is 6.07 Å². The van der Waals surface area contributed by atoms with Gasteiger partial charge in [-0.1, -0.05) is 30.3 Å². The Morgan fingerprint density at radius 2 is 1.59 bits per heavy atom. The Morgan fingerprint density at radius 3 is 2.36 bits per heavy atom. The van der Waals surface area contributed by atoms with Crippen molar-refractivity contribution >= 4 is 22.8 Å². The fourth-order valence-electron chi connectivity index (χ4n) is 2.01. The predicted molar refractivity (Wildman–Crippen MR) is 80.6 cm³/mol. The SMILES string of the molecule is O=C(COC(=O)c1ccc2nccnc2c1)c1ccccc1. The van der Waals surface area contributed by atoms with Crippen molar-refractivity contribution in [3.8, 4) is 0 Å². The highest BCUT2D eigenvalue weighted by Crippen LogP contribution is 2.12. The summed E-state index contributed by atoms with van der Waals surface area (Å²) in [6.07, 6.45) is 3.13. The van der Waals surface area contributed by atoms with E-state index in [9.17, 15) is 9.59 Å². The van der Waals surface area contributed by atoms with Crippen molar-refractivity contribution in [2.75, 3.05) is 6.61 Å². The molecule has 0 amide bonds. The number of fused-ring (bicyclic) bond motifs is 1. The molecule has 0 aliphatic heterocycles. The van der Waals surface area contributed by atoms with Crippen LogP contribution in [0.5, 0.6) is 0 Å². The van der Waals surface area contributed by atoms with Crippen LogP contribution in [0.15, 0.2) is 60.9 Å². The Morgan fingerprint density at radius 1 is 0.864 bits per heavy atom. The lowest BCUT2D eigenvalue weighted by molar-refractivity contribution is 0.0475. The van der Waals surface area contributed by atoms with Crippen molar-refractivity contribution in [2.45, 2.75) is 0 Å². The lowest BCUT2D eigenvalue weighted by atomic mass is 10.1. The number of hydrogen-bond acceptors (Lipinski definition) is 5. The third-order valence-corrected chi connectivity index (χ3v) is 3.14. The van der Waals surface area contributed by atoms with Crippen molar-refractivity contribution in [3.63, 3.8) is 0 Å². The van der Waals surface area contributed by atoms with E-state index < -0.39 is 5.97 Å². The molecule has 22 heavy (non-hydrogen) atoms. The molecule has 1 aromatic heterocycles. The average molecular weight is 292 g/mol. The van der Waals surface area contributed by atoms with Crippen LogP contribution in [0.2, 0.25) is 0 Å². The Labute approximate surface area is 126 Å². The van der Waals surface area contributed by atoms with Crippen LogP contribution in [0, 0.1) is 0 Å². The molecule has 3 rings (SSSR count). The van der Waals surface area contributed by atoms with E-state index in [1.54, 1.807) is 54.9 Å². The minimum atomic E-state index is -0.558. The highest BCUT2D eigenvalue weighted by Gasteiger charge is 2.12. The van der Waals surface area contributed by atoms with Gasteiger partial charge in [0.2, 0.25) is 0 Å². The van der Waals surface area contributed by atoms with Crippen LogP contribution in [0.3, 0.4) is 0 Å². The molecule has 0 aliphatic carbocycles. The first-order valence-electron chi connectivity index (χ1n) is 6.70. The molecular weight excluding hydrogens is 280 g/mol. The van der Waals surface area contributed by atoms with Gasteiger partial charge in [0.1, 0.15) is 0 Å². The zero-order valence-electron chi connectivity index (χ0n) is 11.6. The standard InChI is InChI=1S/C17H12N2O3/c20-16(12-4-2-1-3-5-12)11-22-17(21)13-6-7-14-15(10-13)19-9-8-18-14/h1-10H,11H2. The third-order valence-electron chi connectivity index (χ3n) is 3.14. The van der Waals surface area contributed by atoms with Gasteiger partial charge in [-0.05, 0) is 18.2 Å². The lowest BCUT2D eigenvalue weighted by Gasteiger charge is -2.05. The summed E-state index contributed by atoms with van der Waals surface area (Å²) >= 11 is 0. The van der Waals surface area contributed by atoms with Crippen LogP contribution < -0.4 is 0 Å². The second-order valence-corrected chi connectivity index (χ2v) is 4.63. The Balaban J connectivity index is 1.69. The lowest BCUT2D eigenvalue weighted by Crippen LogP contribution is -2.14. The molecule has 3 aromatic rings. The van der Waals surface area contributed by atoms with Gasteiger partial charge in [-0.15, -0.1) is 0 Å². The number of hydrogen-bond donors (Lipinski definition) is 0. The van der Waals surface area contributed by atoms with Crippen LogP contribution >= 0.6 is 0 Å². The maximum Gasteiger partial charge on any atom is 0.338 e. The zero-order valence-corrected chi connectivity index (χ0v) is 11.6. The van der Waals surface area contributed by atoms with Gasteiger partial charge in [0.25, 0.3) is 0 Å². The van der Waals surface area contributed by atoms with E-state index >= 15 is 0 Å². The first-order chi connectivity index (χ1) is 10.7. The van der Waals surface area contributed by atoms with Gasteiger partial charge in [-0.25, -0.2) is 4.79 Å². The maximum atomic E-state index is 12.0. The number of aromatic nitrogens is 2. The van der Waals surface area contributed by atoms with Gasteiger partial charge in [0, 0.05) is 18.0 Å². The normalized spacial score (nSPS) is 10.4. The number of nitrogens with zero attached hydrogens (tertiary/aromatic N) is 2. The number of esters is 1. The summed E-state index contributed by atoms with van der Waals surface area (Å²) in [5, 5.41) is 0. The summed E-state index contributed by atoms with van der Waals surface area (Å²) in [6.45, 7) is -0.290. The minimum absolute atomic E-state index is 0.241. The Hall–Kier alpha value is -3.08. The largest absolute Gasteiger partial charge is 0.454 e. The van der Waals surface area contributed by atoms with Gasteiger partial charge in [-0.2, -0.15) is 0 Å². The molecule has 0 unspecified atom stereocenters. The highest BCUT2D eigenvalue weighted by atomic mass is 16.5. The van der Waals surface area contributed by atoms with Crippen molar-refractivity contribution in [2.24, 2.45) is 0 Å². The van der Waals surface area contributed by atoms with Crippen LogP contribution in [-0.4, -0.2) is 28.3 Å². The molecule has 2 aromatic carbocycles. The summed E-state index contributed by atoms with van der Waals surface area (Å²) < 4.78 is 5.06. The zero-order chi connectivity index (χ0) is 15.4. The van der Waals surface area contributed by atoms with E-state index in [0.29, 0.717) is 22.2 Å². The molecule has 0 aliphatic rings. The van der Waals surface area contributed by atoms with Crippen LogP contribution in [0.25, 0.3) is 11.0 Å². The fourth-order valence-corrected chi connectivity index (χ4v) is 2.01. The third kappa shape index (κ3) is 2.98. The second-order valence-electron chi connectivity index (χ2n) is 4.63. The van der Waals surface area contributed by atoms with Crippen molar-refractivity contribution < 1.29 is 14.3 Å². The number of rotatable bonds is 4. The van der Waals surface area contributed by atoms with Crippen LogP contribution in [0.1, 0.15) is 20.7 Å². The summed E-state index contributed by atoms with van der Waals surface area (Å²) in [7, 11) is 0. The summed E-state index contributed by atoms with van der Waals surface area (Å²) in [5.74, 6) is -0.800. The topological polar surface area (TPSA) is 69.2 Å². The van der Waals surface area contributed by atoms with Gasteiger partial charge >= 0.3 is 5.97 Å². The van der Waals surface area contributed by atoms with E-state index in [4.69, 9.17) is 4.74 Å². The Bertz CT molecular complexity index is 831. The Kier molecular flexibility index (Phi) is 3.87. The average Bonchev–Trinajstić information content (AvgIpc) is 2.59. The number of ether oxygens (including phenoxy) is 1. The fraction of sp³-hybridized carbons (Fsp3) is 0.0588. The van der Waals surface area contributed by atoms with E-state index in [0.717, 1.165) is 0 Å². The number of carbonyl (C=O) groups excluding carboxylic acids is 2. The molecule has 0 radical (unpaired) electrons. The molecule has 0 bridgehead atoms. The second kappa shape index (κ2) is 6.13. The number of carbonyl (C=O) groups is 2. The first-order valence-corrected chi connectivity index (χ1v) is 6.70. The quantitative estimate of drug-likeness (QED) is 0.546. The van der Waals surface area contributed by atoms with E-state index in [2.05, 4.69) is 9.97 Å². The minimum Gasteiger partial charge on any atom is -0.454 e. The maximum absolute atomic E-state index is 12.0. The summed E-state index contributed by atoms with van der Waals surface area (Å²) in [5.41, 5.74) is 2.15. The molecule has 0 fully saturated rings. The monoisotopic (exact) mass is 292 g/mol. The summed E-state index contributed by atoms with van der Waals surface area (Å²) in [4.78, 5) is 32.2. The number of ketones is 1. The molecule has 1 heterocycles. The van der Waals surface area contributed by atoms with Crippen LogP contribution in [-0.2, 0) is 4.74 Å². The molecule has 0 saturated carbocycles. The summed E-state index contributed by atoms with van der Waals surface area (Å²) in [6, 6.07) is 13.6. The van der Waals surface area contributed by atoms with Gasteiger partial charge in [-0.3, -0.25) is 14.8 Å². The molecule has 5 heteroatoms. The van der Waals surface area contributed by atoms with Crippen molar-refractivity contribution in [1.29, 1.82) is 0 Å². The molecule has 0 saturated heterocycles. The number of benzene rings is 2. The van der Waals surface area contributed by atoms with Crippen LogP contribution in [0.4, 0.5) is 0 Å². The van der Waals surface area contributed by atoms with E-state index in [1.165, 1.54) is 0 Å². The van der Waals surface area contributed by atoms with Gasteiger partial charge in [0.15, 0.2) is 12.4 Å².